The van der Waals surface area contributed by atoms with Crippen molar-refractivity contribution in [2.75, 3.05) is 26.2 Å². The van der Waals surface area contributed by atoms with E-state index >= 15 is 0 Å². The first-order chi connectivity index (χ1) is 14.2. The number of carbonyl (C=O) groups is 2. The summed E-state index contributed by atoms with van der Waals surface area (Å²) in [7, 11) is 0. The number of hydrogen-bond donors (Lipinski definition) is 0. The van der Waals surface area contributed by atoms with E-state index in [1.54, 1.807) is 0 Å². The molecule has 2 heterocycles. The van der Waals surface area contributed by atoms with Crippen molar-refractivity contribution in [3.05, 3.63) is 40.2 Å². The summed E-state index contributed by atoms with van der Waals surface area (Å²) in [6.45, 7) is 3.06. The van der Waals surface area contributed by atoms with Gasteiger partial charge in [0.15, 0.2) is 11.5 Å². The van der Waals surface area contributed by atoms with E-state index in [-0.39, 0.29) is 40.1 Å². The van der Waals surface area contributed by atoms with Gasteiger partial charge >= 0.3 is 6.18 Å². The van der Waals surface area contributed by atoms with Gasteiger partial charge in [0.2, 0.25) is 17.4 Å². The Bertz CT molecular complexity index is 1040. The Hall–Kier alpha value is -2.52. The number of carbonyl (C=O) groups excluding carboxylic acids is 2. The lowest BCUT2D eigenvalue weighted by Crippen LogP contribution is -2.28. The van der Waals surface area contributed by atoms with Gasteiger partial charge in [-0.25, -0.2) is 4.98 Å². The molecule has 1 aliphatic carbocycles. The van der Waals surface area contributed by atoms with Gasteiger partial charge in [-0.15, -0.1) is 0 Å². The third kappa shape index (κ3) is 4.04. The van der Waals surface area contributed by atoms with Crippen molar-refractivity contribution in [2.45, 2.75) is 25.4 Å². The SMILES string of the molecule is O=C1CC(=NCCN2CCCC2)C(=O)c2oc(-c3cc(C(F)(F)F)ccc3Cl)nc21. The smallest absolute Gasteiger partial charge is 0.416 e. The second kappa shape index (κ2) is 7.96. The normalized spacial score (nSPS) is 19.0. The van der Waals surface area contributed by atoms with Gasteiger partial charge in [0.1, 0.15) is 0 Å². The van der Waals surface area contributed by atoms with Crippen molar-refractivity contribution >= 4 is 28.9 Å². The Balaban J connectivity index is 1.61. The summed E-state index contributed by atoms with van der Waals surface area (Å²) in [6.07, 6.45) is -2.53. The largest absolute Gasteiger partial charge is 0.432 e. The number of ketones is 2. The molecule has 10 heteroatoms. The minimum absolute atomic E-state index is 0.0407. The summed E-state index contributed by atoms with van der Waals surface area (Å²) in [6, 6.07) is 2.67. The number of oxazole rings is 1. The van der Waals surface area contributed by atoms with Gasteiger partial charge in [0.25, 0.3) is 0 Å². The lowest BCUT2D eigenvalue weighted by molar-refractivity contribution is -0.137. The summed E-state index contributed by atoms with van der Waals surface area (Å²) in [4.78, 5) is 35.6. The number of benzene rings is 1. The monoisotopic (exact) mass is 439 g/mol. The summed E-state index contributed by atoms with van der Waals surface area (Å²) in [5.41, 5.74) is -1.22. The van der Waals surface area contributed by atoms with Gasteiger partial charge in [-0.05, 0) is 44.1 Å². The Morgan fingerprint density at radius 3 is 2.63 bits per heavy atom. The first-order valence-corrected chi connectivity index (χ1v) is 9.83. The van der Waals surface area contributed by atoms with Crippen LogP contribution in [0.2, 0.25) is 5.02 Å². The molecule has 0 N–H and O–H groups in total. The molecule has 0 radical (unpaired) electrons. The lowest BCUT2D eigenvalue weighted by Gasteiger charge is -2.13. The van der Waals surface area contributed by atoms with Crippen LogP contribution in [0.25, 0.3) is 11.5 Å². The maximum Gasteiger partial charge on any atom is 0.416 e. The summed E-state index contributed by atoms with van der Waals surface area (Å²) >= 11 is 6.01. The molecule has 0 saturated carbocycles. The van der Waals surface area contributed by atoms with Crippen molar-refractivity contribution in [1.29, 1.82) is 0 Å². The molecule has 0 amide bonds. The fourth-order valence-corrected chi connectivity index (χ4v) is 3.75. The Kier molecular flexibility index (Phi) is 5.50. The summed E-state index contributed by atoms with van der Waals surface area (Å²) in [5, 5.41) is -0.0407. The molecule has 30 heavy (non-hydrogen) atoms. The molecule has 2 aromatic rings. The van der Waals surface area contributed by atoms with Crippen LogP contribution in [0, 0.1) is 0 Å². The van der Waals surface area contributed by atoms with E-state index in [0.717, 1.165) is 44.1 Å². The molecule has 158 valence electrons. The highest BCUT2D eigenvalue weighted by molar-refractivity contribution is 6.51. The van der Waals surface area contributed by atoms with Gasteiger partial charge in [-0.1, -0.05) is 11.6 Å². The molecule has 0 atom stereocenters. The minimum Gasteiger partial charge on any atom is -0.432 e. The van der Waals surface area contributed by atoms with Crippen LogP contribution in [0.4, 0.5) is 13.2 Å². The number of aliphatic imine (C=N–C) groups is 1. The van der Waals surface area contributed by atoms with Gasteiger partial charge in [0, 0.05) is 6.54 Å². The second-order valence-electron chi connectivity index (χ2n) is 7.20. The Morgan fingerprint density at radius 2 is 1.93 bits per heavy atom. The highest BCUT2D eigenvalue weighted by atomic mass is 35.5. The van der Waals surface area contributed by atoms with Crippen LogP contribution in [-0.2, 0) is 6.18 Å². The van der Waals surface area contributed by atoms with Crippen LogP contribution in [0.1, 0.15) is 45.9 Å². The number of nitrogens with zero attached hydrogens (tertiary/aromatic N) is 3. The zero-order valence-corrected chi connectivity index (χ0v) is 16.5. The number of alkyl halides is 3. The van der Waals surface area contributed by atoms with Gasteiger partial charge in [0.05, 0.1) is 34.8 Å². The van der Waals surface area contributed by atoms with Crippen LogP contribution in [0.15, 0.2) is 27.6 Å². The highest BCUT2D eigenvalue weighted by Crippen LogP contribution is 2.37. The van der Waals surface area contributed by atoms with E-state index in [4.69, 9.17) is 16.0 Å². The van der Waals surface area contributed by atoms with Crippen LogP contribution in [0.5, 0.6) is 0 Å². The average molecular weight is 440 g/mol. The standard InChI is InChI=1S/C20H17ClF3N3O3/c21-13-4-3-11(20(22,23)24)9-12(13)19-26-16-15(28)10-14(17(29)18(16)30-19)25-5-8-27-6-1-2-7-27/h3-4,9H,1-2,5-8,10H2. The topological polar surface area (TPSA) is 75.8 Å². The molecule has 2 aliphatic rings. The summed E-state index contributed by atoms with van der Waals surface area (Å²) in [5.74, 6) is -1.67. The number of likely N-dealkylation sites (tertiary alicyclic amines) is 1. The third-order valence-electron chi connectivity index (χ3n) is 5.13. The zero-order chi connectivity index (χ0) is 21.5. The molecule has 0 bridgehead atoms. The quantitative estimate of drug-likeness (QED) is 0.709. The fourth-order valence-electron chi connectivity index (χ4n) is 3.55. The van der Waals surface area contributed by atoms with Crippen LogP contribution in [-0.4, -0.2) is 53.3 Å². The van der Waals surface area contributed by atoms with E-state index in [2.05, 4.69) is 14.9 Å². The summed E-state index contributed by atoms with van der Waals surface area (Å²) < 4.78 is 44.5. The van der Waals surface area contributed by atoms with Crippen molar-refractivity contribution < 1.29 is 27.2 Å². The van der Waals surface area contributed by atoms with Crippen molar-refractivity contribution in [1.82, 2.24) is 9.88 Å². The number of halogens is 4. The molecular weight excluding hydrogens is 423 g/mol. The molecule has 0 spiro atoms. The molecule has 1 saturated heterocycles. The fraction of sp³-hybridized carbons (Fsp3) is 0.400. The number of rotatable bonds is 4. The average Bonchev–Trinajstić information content (AvgIpc) is 3.35. The molecule has 6 nitrogen and oxygen atoms in total. The van der Waals surface area contributed by atoms with Crippen LogP contribution in [0.3, 0.4) is 0 Å². The first kappa shape index (κ1) is 20.7. The Labute approximate surface area is 174 Å². The van der Waals surface area contributed by atoms with E-state index in [1.807, 2.05) is 0 Å². The molecule has 1 aromatic heterocycles. The number of Topliss-reactive ketones (excluding diaryl/α,β-unsaturated/α-hetero) is 2. The number of fused-ring (bicyclic) bond motifs is 1. The third-order valence-corrected chi connectivity index (χ3v) is 5.46. The number of hydrogen-bond acceptors (Lipinski definition) is 6. The molecule has 1 fully saturated rings. The zero-order valence-electron chi connectivity index (χ0n) is 15.8. The second-order valence-corrected chi connectivity index (χ2v) is 7.60. The number of aromatic nitrogens is 1. The molecule has 1 aliphatic heterocycles. The molecule has 1 aromatic carbocycles. The van der Waals surface area contributed by atoms with Gasteiger partial charge in [-0.3, -0.25) is 14.6 Å². The van der Waals surface area contributed by atoms with E-state index in [9.17, 15) is 22.8 Å². The van der Waals surface area contributed by atoms with Crippen molar-refractivity contribution in [2.24, 2.45) is 4.99 Å². The van der Waals surface area contributed by atoms with Crippen LogP contribution >= 0.6 is 11.6 Å². The maximum absolute atomic E-state index is 13.0. The predicted octanol–water partition coefficient (Wildman–Crippen LogP) is 4.32. The highest BCUT2D eigenvalue weighted by Gasteiger charge is 2.36. The van der Waals surface area contributed by atoms with Crippen molar-refractivity contribution in [3.8, 4) is 11.5 Å². The first-order valence-electron chi connectivity index (χ1n) is 9.45. The van der Waals surface area contributed by atoms with Gasteiger partial charge in [-0.2, -0.15) is 13.2 Å². The minimum atomic E-state index is -4.59. The molecular formula is C20H17ClF3N3O3. The van der Waals surface area contributed by atoms with E-state index in [0.29, 0.717) is 13.1 Å². The van der Waals surface area contributed by atoms with Gasteiger partial charge < -0.3 is 9.32 Å². The molecule has 0 unspecified atom stereocenters. The lowest BCUT2D eigenvalue weighted by atomic mass is 9.97. The predicted molar refractivity (Wildman–Crippen MR) is 103 cm³/mol. The van der Waals surface area contributed by atoms with Crippen molar-refractivity contribution in [3.63, 3.8) is 0 Å². The Morgan fingerprint density at radius 1 is 1.20 bits per heavy atom. The molecule has 4 rings (SSSR count). The van der Waals surface area contributed by atoms with E-state index in [1.165, 1.54) is 0 Å². The van der Waals surface area contributed by atoms with E-state index < -0.39 is 23.3 Å². The maximum atomic E-state index is 13.0. The van der Waals surface area contributed by atoms with Crippen LogP contribution < -0.4 is 0 Å².